The summed E-state index contributed by atoms with van der Waals surface area (Å²) in [6, 6.07) is 8.54. The van der Waals surface area contributed by atoms with Crippen molar-refractivity contribution in [2.45, 2.75) is 56.3 Å². The van der Waals surface area contributed by atoms with Crippen molar-refractivity contribution in [2.75, 3.05) is 13.1 Å². The molecule has 2 aromatic heterocycles. The quantitative estimate of drug-likeness (QED) is 0.575. The fourth-order valence-corrected chi connectivity index (χ4v) is 4.71. The molecule has 1 saturated heterocycles. The molecule has 0 amide bonds. The number of aryl methyl sites for hydroxylation is 2. The van der Waals surface area contributed by atoms with Gasteiger partial charge in [0.05, 0.1) is 6.04 Å². The van der Waals surface area contributed by atoms with Gasteiger partial charge >= 0.3 is 0 Å². The SMILES string of the molecule is Cc1cc(Sc2nnc([C@@H](C)N3CCCCC3)n2-c2ccc(F)cc2)nc(C)n1. The lowest BCUT2D eigenvalue weighted by Gasteiger charge is -2.31. The van der Waals surface area contributed by atoms with Crippen LogP contribution in [0.4, 0.5) is 4.39 Å². The maximum Gasteiger partial charge on any atom is 0.202 e. The zero-order valence-corrected chi connectivity index (χ0v) is 17.8. The van der Waals surface area contributed by atoms with Crippen LogP contribution in [-0.4, -0.2) is 42.7 Å². The van der Waals surface area contributed by atoms with Crippen molar-refractivity contribution in [3.8, 4) is 5.69 Å². The van der Waals surface area contributed by atoms with Gasteiger partial charge in [0.15, 0.2) is 5.82 Å². The molecule has 8 heteroatoms. The largest absolute Gasteiger partial charge is 0.294 e. The summed E-state index contributed by atoms with van der Waals surface area (Å²) in [5, 5.41) is 10.6. The van der Waals surface area contributed by atoms with Crippen LogP contribution in [0, 0.1) is 19.7 Å². The molecule has 152 valence electrons. The molecule has 0 aliphatic carbocycles. The molecule has 1 aliphatic rings. The van der Waals surface area contributed by atoms with E-state index in [4.69, 9.17) is 0 Å². The summed E-state index contributed by atoms with van der Waals surface area (Å²) in [4.78, 5) is 11.3. The Kier molecular flexibility index (Phi) is 5.91. The average Bonchev–Trinajstić information content (AvgIpc) is 3.11. The molecule has 0 spiro atoms. The number of rotatable bonds is 5. The molecule has 0 saturated carbocycles. The van der Waals surface area contributed by atoms with Crippen LogP contribution in [0.2, 0.25) is 0 Å². The number of hydrogen-bond donors (Lipinski definition) is 0. The molecule has 6 nitrogen and oxygen atoms in total. The second-order valence-corrected chi connectivity index (χ2v) is 8.41. The van der Waals surface area contributed by atoms with Crippen LogP contribution >= 0.6 is 11.8 Å². The molecular weight excluding hydrogens is 387 g/mol. The Bertz CT molecular complexity index is 961. The normalized spacial score (nSPS) is 16.1. The first-order valence-corrected chi connectivity index (χ1v) is 10.8. The van der Waals surface area contributed by atoms with E-state index in [1.165, 1.54) is 43.2 Å². The second-order valence-electron chi connectivity index (χ2n) is 7.42. The van der Waals surface area contributed by atoms with Gasteiger partial charge in [-0.15, -0.1) is 10.2 Å². The van der Waals surface area contributed by atoms with Crippen LogP contribution < -0.4 is 0 Å². The molecule has 0 unspecified atom stereocenters. The highest BCUT2D eigenvalue weighted by molar-refractivity contribution is 7.99. The Morgan fingerprint density at radius 3 is 2.41 bits per heavy atom. The van der Waals surface area contributed by atoms with Crippen molar-refractivity contribution in [1.29, 1.82) is 0 Å². The number of benzene rings is 1. The number of likely N-dealkylation sites (tertiary alicyclic amines) is 1. The van der Waals surface area contributed by atoms with Crippen molar-refractivity contribution in [2.24, 2.45) is 0 Å². The summed E-state index contributed by atoms with van der Waals surface area (Å²) in [5.41, 5.74) is 1.76. The zero-order chi connectivity index (χ0) is 20.4. The van der Waals surface area contributed by atoms with Crippen LogP contribution in [-0.2, 0) is 0 Å². The summed E-state index contributed by atoms with van der Waals surface area (Å²) in [6.07, 6.45) is 3.69. The molecule has 0 bridgehead atoms. The molecule has 29 heavy (non-hydrogen) atoms. The van der Waals surface area contributed by atoms with Crippen LogP contribution in [0.1, 0.15) is 49.6 Å². The molecule has 1 atom stereocenters. The number of piperidine rings is 1. The molecule has 3 aromatic rings. The molecule has 0 radical (unpaired) electrons. The van der Waals surface area contributed by atoms with Crippen molar-refractivity contribution >= 4 is 11.8 Å². The van der Waals surface area contributed by atoms with E-state index in [1.807, 2.05) is 24.5 Å². The van der Waals surface area contributed by atoms with Gasteiger partial charge in [-0.3, -0.25) is 9.47 Å². The number of nitrogens with zero attached hydrogens (tertiary/aromatic N) is 6. The van der Waals surface area contributed by atoms with Crippen LogP contribution in [0.5, 0.6) is 0 Å². The lowest BCUT2D eigenvalue weighted by atomic mass is 10.1. The minimum Gasteiger partial charge on any atom is -0.294 e. The van der Waals surface area contributed by atoms with Gasteiger partial charge in [0.2, 0.25) is 5.16 Å². The van der Waals surface area contributed by atoms with Gasteiger partial charge in [-0.25, -0.2) is 14.4 Å². The smallest absolute Gasteiger partial charge is 0.202 e. The van der Waals surface area contributed by atoms with Gasteiger partial charge in [0.1, 0.15) is 16.7 Å². The van der Waals surface area contributed by atoms with Crippen LogP contribution in [0.3, 0.4) is 0 Å². The van der Waals surface area contributed by atoms with E-state index in [2.05, 4.69) is 32.0 Å². The third kappa shape index (κ3) is 4.48. The third-order valence-electron chi connectivity index (χ3n) is 5.19. The lowest BCUT2D eigenvalue weighted by molar-refractivity contribution is 0.167. The zero-order valence-electron chi connectivity index (χ0n) is 17.0. The van der Waals surface area contributed by atoms with E-state index in [0.29, 0.717) is 5.16 Å². The first kappa shape index (κ1) is 20.0. The highest BCUT2D eigenvalue weighted by Crippen LogP contribution is 2.32. The van der Waals surface area contributed by atoms with Gasteiger partial charge in [-0.2, -0.15) is 0 Å². The number of hydrogen-bond acceptors (Lipinski definition) is 6. The van der Waals surface area contributed by atoms with E-state index < -0.39 is 0 Å². The molecule has 1 fully saturated rings. The Hall–Kier alpha value is -2.32. The predicted molar refractivity (Wildman–Crippen MR) is 111 cm³/mol. The number of aromatic nitrogens is 5. The maximum absolute atomic E-state index is 13.5. The molecule has 1 aromatic carbocycles. The van der Waals surface area contributed by atoms with Crippen LogP contribution in [0.25, 0.3) is 5.69 Å². The Morgan fingerprint density at radius 1 is 1.00 bits per heavy atom. The fraction of sp³-hybridized carbons (Fsp3) is 0.429. The summed E-state index contributed by atoms with van der Waals surface area (Å²) in [7, 11) is 0. The Balaban J connectivity index is 1.74. The van der Waals surface area contributed by atoms with E-state index >= 15 is 0 Å². The third-order valence-corrected chi connectivity index (χ3v) is 6.06. The molecule has 3 heterocycles. The minimum absolute atomic E-state index is 0.121. The topological polar surface area (TPSA) is 59.7 Å². The lowest BCUT2D eigenvalue weighted by Crippen LogP contribution is -2.33. The van der Waals surface area contributed by atoms with Gasteiger partial charge in [-0.1, -0.05) is 6.42 Å². The van der Waals surface area contributed by atoms with E-state index in [-0.39, 0.29) is 11.9 Å². The number of halogens is 1. The van der Waals surface area contributed by atoms with Crippen molar-refractivity contribution in [3.05, 3.63) is 53.5 Å². The predicted octanol–water partition coefficient (Wildman–Crippen LogP) is 4.51. The second kappa shape index (κ2) is 8.59. The molecule has 1 aliphatic heterocycles. The van der Waals surface area contributed by atoms with Gasteiger partial charge < -0.3 is 0 Å². The van der Waals surface area contributed by atoms with Crippen molar-refractivity contribution in [1.82, 2.24) is 29.6 Å². The van der Waals surface area contributed by atoms with E-state index in [1.54, 1.807) is 12.1 Å². The molecule has 4 rings (SSSR count). The Morgan fingerprint density at radius 2 is 1.72 bits per heavy atom. The monoisotopic (exact) mass is 412 g/mol. The maximum atomic E-state index is 13.5. The summed E-state index contributed by atoms with van der Waals surface area (Å²) >= 11 is 1.45. The van der Waals surface area contributed by atoms with Gasteiger partial charge in [0.25, 0.3) is 0 Å². The summed E-state index contributed by atoms with van der Waals surface area (Å²) in [5.74, 6) is 1.33. The highest BCUT2D eigenvalue weighted by Gasteiger charge is 2.26. The van der Waals surface area contributed by atoms with Gasteiger partial charge in [-0.05, 0) is 88.8 Å². The van der Waals surface area contributed by atoms with Gasteiger partial charge in [0, 0.05) is 11.4 Å². The Labute approximate surface area is 174 Å². The van der Waals surface area contributed by atoms with E-state index in [9.17, 15) is 4.39 Å². The average molecular weight is 413 g/mol. The standard InChI is InChI=1S/C21H25FN6S/c1-14-13-19(24-16(3)23-14)29-21-26-25-20(15(2)27-11-5-4-6-12-27)28(21)18-9-7-17(22)8-10-18/h7-10,13,15H,4-6,11-12H2,1-3H3/t15-/m1/s1. The first-order valence-electron chi connectivity index (χ1n) is 9.97. The van der Waals surface area contributed by atoms with E-state index in [0.717, 1.165) is 41.1 Å². The fourth-order valence-electron chi connectivity index (χ4n) is 3.75. The highest BCUT2D eigenvalue weighted by atomic mass is 32.2. The molecule has 0 N–H and O–H groups in total. The van der Waals surface area contributed by atoms with Crippen molar-refractivity contribution in [3.63, 3.8) is 0 Å². The van der Waals surface area contributed by atoms with Crippen molar-refractivity contribution < 1.29 is 4.39 Å². The minimum atomic E-state index is -0.260. The summed E-state index contributed by atoms with van der Waals surface area (Å²) < 4.78 is 15.6. The van der Waals surface area contributed by atoms with Crippen LogP contribution in [0.15, 0.2) is 40.5 Å². The molecular formula is C21H25FN6S. The first-order chi connectivity index (χ1) is 14.0. The summed E-state index contributed by atoms with van der Waals surface area (Å²) in [6.45, 7) is 8.12.